The zero-order chi connectivity index (χ0) is 12.4. The van der Waals surface area contributed by atoms with Crippen LogP contribution in [0.1, 0.15) is 22.7 Å². The molecule has 3 rings (SSSR count). The third-order valence-corrected chi connectivity index (χ3v) is 3.26. The van der Waals surface area contributed by atoms with E-state index in [2.05, 4.69) is 11.4 Å². The van der Waals surface area contributed by atoms with Gasteiger partial charge in [-0.25, -0.2) is 0 Å². The van der Waals surface area contributed by atoms with Gasteiger partial charge in [0.1, 0.15) is 0 Å². The second-order valence-electron chi connectivity index (χ2n) is 4.47. The Bertz CT molecular complexity index is 562. The summed E-state index contributed by atoms with van der Waals surface area (Å²) >= 11 is 0. The third kappa shape index (κ3) is 2.07. The van der Waals surface area contributed by atoms with Crippen molar-refractivity contribution in [1.29, 1.82) is 0 Å². The minimum atomic E-state index is -0.193. The number of carbonyl (C=O) groups excluding carboxylic acids is 1. The first kappa shape index (κ1) is 11.2. The highest BCUT2D eigenvalue weighted by Crippen LogP contribution is 2.26. The van der Waals surface area contributed by atoms with E-state index in [9.17, 15) is 4.79 Å². The van der Waals surface area contributed by atoms with Crippen LogP contribution in [0.2, 0.25) is 0 Å². The molecule has 0 bridgehead atoms. The average molecular weight is 236 g/mol. The summed E-state index contributed by atoms with van der Waals surface area (Å²) in [6.07, 6.45) is 1.71. The van der Waals surface area contributed by atoms with E-state index in [0.717, 1.165) is 17.7 Å². The summed E-state index contributed by atoms with van der Waals surface area (Å²) in [7, 11) is 0. The molecule has 2 nitrogen and oxygen atoms in total. The van der Waals surface area contributed by atoms with Crippen LogP contribution in [0.25, 0.3) is 0 Å². The van der Waals surface area contributed by atoms with E-state index in [1.165, 1.54) is 5.56 Å². The number of benzene rings is 2. The highest BCUT2D eigenvalue weighted by Gasteiger charge is 2.27. The first-order valence-corrected chi connectivity index (χ1v) is 6.09. The van der Waals surface area contributed by atoms with E-state index >= 15 is 0 Å². The molecule has 2 heteroatoms. The molecule has 0 aromatic heterocycles. The topological polar surface area (TPSA) is 29.1 Å². The van der Waals surface area contributed by atoms with Gasteiger partial charge in [-0.2, -0.15) is 0 Å². The summed E-state index contributed by atoms with van der Waals surface area (Å²) in [5.74, 6) is 0.117. The fourth-order valence-electron chi connectivity index (χ4n) is 2.35. The third-order valence-electron chi connectivity index (χ3n) is 3.26. The molecule has 1 aliphatic rings. The molecular weight excluding hydrogens is 222 g/mol. The highest BCUT2D eigenvalue weighted by atomic mass is 16.1. The van der Waals surface area contributed by atoms with Crippen LogP contribution in [-0.2, 0) is 11.3 Å². The zero-order valence-corrected chi connectivity index (χ0v) is 9.97. The number of Topliss-reactive ketones (excluding diaryl/α,β-unsaturated/α-hetero) is 1. The van der Waals surface area contributed by atoms with Crippen molar-refractivity contribution in [3.63, 3.8) is 0 Å². The van der Waals surface area contributed by atoms with Gasteiger partial charge < -0.3 is 0 Å². The largest absolute Gasteiger partial charge is 0.300 e. The summed E-state index contributed by atoms with van der Waals surface area (Å²) in [5, 5.41) is 3.26. The molecule has 2 aromatic carbocycles. The van der Waals surface area contributed by atoms with Gasteiger partial charge in [0, 0.05) is 6.54 Å². The Morgan fingerprint density at radius 3 is 2.61 bits per heavy atom. The van der Waals surface area contributed by atoms with Gasteiger partial charge in [-0.1, -0.05) is 54.6 Å². The van der Waals surface area contributed by atoms with Gasteiger partial charge >= 0.3 is 0 Å². The quantitative estimate of drug-likeness (QED) is 0.887. The van der Waals surface area contributed by atoms with Crippen LogP contribution in [0, 0.1) is 6.42 Å². The molecule has 1 aliphatic heterocycles. The zero-order valence-electron chi connectivity index (χ0n) is 9.97. The molecular formula is C16H14NO. The molecule has 2 aromatic rings. The number of nitrogens with one attached hydrogen (secondary N) is 1. The molecule has 0 amide bonds. The number of rotatable bonds is 3. The fraction of sp³-hybridized carbons (Fsp3) is 0.125. The van der Waals surface area contributed by atoms with E-state index in [1.807, 2.05) is 48.5 Å². The lowest BCUT2D eigenvalue weighted by atomic mass is 9.98. The molecule has 0 aliphatic carbocycles. The van der Waals surface area contributed by atoms with Crippen LogP contribution < -0.4 is 5.32 Å². The molecule has 0 saturated heterocycles. The maximum absolute atomic E-state index is 12.3. The van der Waals surface area contributed by atoms with Crippen LogP contribution >= 0.6 is 0 Å². The predicted molar refractivity (Wildman–Crippen MR) is 70.9 cm³/mol. The lowest BCUT2D eigenvalue weighted by molar-refractivity contribution is -0.117. The SMILES string of the molecule is O=C([CH]c1ccccc1)C1NCc2ccccc21. The van der Waals surface area contributed by atoms with Crippen LogP contribution in [0.4, 0.5) is 0 Å². The second kappa shape index (κ2) is 4.75. The molecule has 1 atom stereocenters. The van der Waals surface area contributed by atoms with Crippen molar-refractivity contribution in [2.45, 2.75) is 12.6 Å². The van der Waals surface area contributed by atoms with Gasteiger partial charge in [0.05, 0.1) is 12.5 Å². The van der Waals surface area contributed by atoms with E-state index in [4.69, 9.17) is 0 Å². The molecule has 1 N–H and O–H groups in total. The van der Waals surface area contributed by atoms with Crippen molar-refractivity contribution in [2.24, 2.45) is 0 Å². The summed E-state index contributed by atoms with van der Waals surface area (Å²) in [5.41, 5.74) is 3.28. The Morgan fingerprint density at radius 1 is 1.06 bits per heavy atom. The van der Waals surface area contributed by atoms with Gasteiger partial charge in [0.2, 0.25) is 0 Å². The molecule has 0 fully saturated rings. The van der Waals surface area contributed by atoms with Crippen LogP contribution in [0.5, 0.6) is 0 Å². The maximum Gasteiger partial charge on any atom is 0.162 e. The molecule has 18 heavy (non-hydrogen) atoms. The minimum Gasteiger partial charge on any atom is -0.300 e. The standard InChI is InChI=1S/C16H14NO/c18-15(10-12-6-2-1-3-7-12)16-14-9-5-4-8-13(14)11-17-16/h1-10,16-17H,11H2. The summed E-state index contributed by atoms with van der Waals surface area (Å²) < 4.78 is 0. The normalized spacial score (nSPS) is 17.4. The number of fused-ring (bicyclic) bond motifs is 1. The molecule has 0 saturated carbocycles. The van der Waals surface area contributed by atoms with Crippen molar-refractivity contribution < 1.29 is 4.79 Å². The van der Waals surface area contributed by atoms with Gasteiger partial charge in [-0.05, 0) is 16.7 Å². The van der Waals surface area contributed by atoms with Crippen molar-refractivity contribution in [3.8, 4) is 0 Å². The van der Waals surface area contributed by atoms with Crippen molar-refractivity contribution in [1.82, 2.24) is 5.32 Å². The minimum absolute atomic E-state index is 0.117. The maximum atomic E-state index is 12.3. The first-order chi connectivity index (χ1) is 8.84. The van der Waals surface area contributed by atoms with Crippen LogP contribution in [0.15, 0.2) is 54.6 Å². The Hall–Kier alpha value is -1.93. The number of hydrogen-bond donors (Lipinski definition) is 1. The average Bonchev–Trinajstić information content (AvgIpc) is 2.84. The van der Waals surface area contributed by atoms with Crippen molar-refractivity contribution >= 4 is 5.78 Å². The number of hydrogen-bond acceptors (Lipinski definition) is 2. The summed E-state index contributed by atoms with van der Waals surface area (Å²) in [6, 6.07) is 17.6. The van der Waals surface area contributed by atoms with Crippen LogP contribution in [0.3, 0.4) is 0 Å². The van der Waals surface area contributed by atoms with Crippen molar-refractivity contribution in [2.75, 3.05) is 0 Å². The number of ketones is 1. The Morgan fingerprint density at radius 2 is 1.78 bits per heavy atom. The highest BCUT2D eigenvalue weighted by molar-refractivity contribution is 5.96. The molecule has 0 spiro atoms. The second-order valence-corrected chi connectivity index (χ2v) is 4.47. The first-order valence-electron chi connectivity index (χ1n) is 6.09. The van der Waals surface area contributed by atoms with Gasteiger partial charge in [0.15, 0.2) is 5.78 Å². The lowest BCUT2D eigenvalue weighted by Gasteiger charge is -2.10. The Labute approximate surface area is 107 Å². The summed E-state index contributed by atoms with van der Waals surface area (Å²) in [6.45, 7) is 0.773. The van der Waals surface area contributed by atoms with Crippen molar-refractivity contribution in [3.05, 3.63) is 77.7 Å². The van der Waals surface area contributed by atoms with Gasteiger partial charge in [0.25, 0.3) is 0 Å². The van der Waals surface area contributed by atoms with E-state index in [0.29, 0.717) is 0 Å². The molecule has 89 valence electrons. The fourth-order valence-corrected chi connectivity index (χ4v) is 2.35. The Kier molecular flexibility index (Phi) is 2.95. The lowest BCUT2D eigenvalue weighted by Crippen LogP contribution is -2.22. The molecule has 1 radical (unpaired) electrons. The van der Waals surface area contributed by atoms with Gasteiger partial charge in [-0.15, -0.1) is 0 Å². The smallest absolute Gasteiger partial charge is 0.162 e. The van der Waals surface area contributed by atoms with E-state index < -0.39 is 0 Å². The monoisotopic (exact) mass is 236 g/mol. The van der Waals surface area contributed by atoms with E-state index in [-0.39, 0.29) is 11.8 Å². The van der Waals surface area contributed by atoms with Crippen LogP contribution in [-0.4, -0.2) is 5.78 Å². The Balaban J connectivity index is 1.79. The molecule has 1 unspecified atom stereocenters. The summed E-state index contributed by atoms with van der Waals surface area (Å²) in [4.78, 5) is 12.3. The predicted octanol–water partition coefficient (Wildman–Crippen LogP) is 2.65. The van der Waals surface area contributed by atoms with E-state index in [1.54, 1.807) is 6.42 Å². The van der Waals surface area contributed by atoms with Gasteiger partial charge in [-0.3, -0.25) is 10.1 Å². The molecule has 1 heterocycles. The number of carbonyl (C=O) groups is 1.